The van der Waals surface area contributed by atoms with E-state index in [9.17, 15) is 4.79 Å². The number of hydrogen-bond donors (Lipinski definition) is 2. The zero-order chi connectivity index (χ0) is 14.8. The van der Waals surface area contributed by atoms with Gasteiger partial charge in [-0.05, 0) is 18.6 Å². The predicted molar refractivity (Wildman–Crippen MR) is 79.9 cm³/mol. The monoisotopic (exact) mass is 280 g/mol. The average Bonchev–Trinajstić information content (AvgIpc) is 2.45. The Morgan fingerprint density at radius 1 is 1.35 bits per heavy atom. The van der Waals surface area contributed by atoms with Gasteiger partial charge in [-0.1, -0.05) is 25.5 Å². The lowest BCUT2D eigenvalue weighted by molar-refractivity contribution is -0.117. The van der Waals surface area contributed by atoms with E-state index in [1.807, 2.05) is 31.2 Å². The third-order valence-electron chi connectivity index (χ3n) is 2.83. The van der Waals surface area contributed by atoms with Crippen molar-refractivity contribution in [2.45, 2.75) is 32.2 Å². The number of para-hydroxylation sites is 2. The number of ether oxygens (including phenoxy) is 2. The van der Waals surface area contributed by atoms with E-state index in [2.05, 4.69) is 5.32 Å². The Hall–Kier alpha value is -1.59. The standard InChI is InChI=1S/C15H24N2O3/c1-3-7-12(16)15(18)17-13-8-4-5-9-14(13)20-11-6-10-19-2/h4-5,8-9,12H,3,6-7,10-11,16H2,1-2H3,(H,17,18). The molecule has 0 aliphatic carbocycles. The highest BCUT2D eigenvalue weighted by Gasteiger charge is 2.14. The van der Waals surface area contributed by atoms with Gasteiger partial charge in [-0.25, -0.2) is 0 Å². The van der Waals surface area contributed by atoms with Crippen LogP contribution in [0.3, 0.4) is 0 Å². The number of rotatable bonds is 9. The van der Waals surface area contributed by atoms with Crippen LogP contribution < -0.4 is 15.8 Å². The number of nitrogens with one attached hydrogen (secondary N) is 1. The summed E-state index contributed by atoms with van der Waals surface area (Å²) >= 11 is 0. The Kier molecular flexibility index (Phi) is 7.69. The lowest BCUT2D eigenvalue weighted by Crippen LogP contribution is -2.35. The summed E-state index contributed by atoms with van der Waals surface area (Å²) in [6.07, 6.45) is 2.35. The van der Waals surface area contributed by atoms with E-state index in [1.165, 1.54) is 0 Å². The molecule has 0 fully saturated rings. The first-order valence-electron chi connectivity index (χ1n) is 6.96. The smallest absolute Gasteiger partial charge is 0.241 e. The molecule has 20 heavy (non-hydrogen) atoms. The maximum Gasteiger partial charge on any atom is 0.241 e. The number of anilines is 1. The first-order chi connectivity index (χ1) is 9.69. The number of amides is 1. The van der Waals surface area contributed by atoms with Gasteiger partial charge in [0.1, 0.15) is 5.75 Å². The number of carbonyl (C=O) groups excluding carboxylic acids is 1. The van der Waals surface area contributed by atoms with Crippen LogP contribution in [0.2, 0.25) is 0 Å². The summed E-state index contributed by atoms with van der Waals surface area (Å²) in [4.78, 5) is 11.9. The minimum Gasteiger partial charge on any atom is -0.491 e. The molecule has 5 nitrogen and oxygen atoms in total. The van der Waals surface area contributed by atoms with Gasteiger partial charge in [-0.15, -0.1) is 0 Å². The third kappa shape index (κ3) is 5.59. The van der Waals surface area contributed by atoms with Crippen LogP contribution >= 0.6 is 0 Å². The molecule has 0 radical (unpaired) electrons. The van der Waals surface area contributed by atoms with Crippen molar-refractivity contribution in [3.05, 3.63) is 24.3 Å². The van der Waals surface area contributed by atoms with Crippen molar-refractivity contribution >= 4 is 11.6 Å². The highest BCUT2D eigenvalue weighted by Crippen LogP contribution is 2.24. The van der Waals surface area contributed by atoms with Crippen LogP contribution in [0.4, 0.5) is 5.69 Å². The summed E-state index contributed by atoms with van der Waals surface area (Å²) in [6.45, 7) is 3.19. The summed E-state index contributed by atoms with van der Waals surface area (Å²) < 4.78 is 10.6. The Morgan fingerprint density at radius 3 is 2.80 bits per heavy atom. The fourth-order valence-corrected chi connectivity index (χ4v) is 1.75. The Labute approximate surface area is 120 Å². The van der Waals surface area contributed by atoms with Crippen LogP contribution in [0.5, 0.6) is 5.75 Å². The quantitative estimate of drug-likeness (QED) is 0.680. The van der Waals surface area contributed by atoms with Crippen LogP contribution in [0.25, 0.3) is 0 Å². The molecular formula is C15H24N2O3. The van der Waals surface area contributed by atoms with E-state index in [0.29, 0.717) is 31.1 Å². The molecule has 112 valence electrons. The van der Waals surface area contributed by atoms with Crippen LogP contribution in [-0.4, -0.2) is 32.3 Å². The second kappa shape index (κ2) is 9.34. The van der Waals surface area contributed by atoms with Gasteiger partial charge >= 0.3 is 0 Å². The second-order valence-electron chi connectivity index (χ2n) is 4.58. The van der Waals surface area contributed by atoms with Gasteiger partial charge < -0.3 is 20.5 Å². The van der Waals surface area contributed by atoms with Crippen molar-refractivity contribution in [3.63, 3.8) is 0 Å². The SMILES string of the molecule is CCCC(N)C(=O)Nc1ccccc1OCCCOC. The van der Waals surface area contributed by atoms with Gasteiger partial charge in [-0.3, -0.25) is 4.79 Å². The Balaban J connectivity index is 2.58. The van der Waals surface area contributed by atoms with Gasteiger partial charge in [0.25, 0.3) is 0 Å². The molecule has 0 aliphatic rings. The van der Waals surface area contributed by atoms with Crippen molar-refractivity contribution in [3.8, 4) is 5.75 Å². The van der Waals surface area contributed by atoms with Crippen LogP contribution in [-0.2, 0) is 9.53 Å². The van der Waals surface area contributed by atoms with Gasteiger partial charge in [-0.2, -0.15) is 0 Å². The normalized spacial score (nSPS) is 11.9. The zero-order valence-electron chi connectivity index (χ0n) is 12.2. The number of methoxy groups -OCH3 is 1. The maximum absolute atomic E-state index is 11.9. The Bertz CT molecular complexity index is 410. The minimum absolute atomic E-state index is 0.181. The molecule has 3 N–H and O–H groups in total. The zero-order valence-corrected chi connectivity index (χ0v) is 12.2. The summed E-state index contributed by atoms with van der Waals surface area (Å²) in [6, 6.07) is 6.87. The van der Waals surface area contributed by atoms with E-state index in [0.717, 1.165) is 12.8 Å². The highest BCUT2D eigenvalue weighted by atomic mass is 16.5. The van der Waals surface area contributed by atoms with Gasteiger partial charge in [0.15, 0.2) is 0 Å². The number of hydrogen-bond acceptors (Lipinski definition) is 4. The topological polar surface area (TPSA) is 73.6 Å². The molecule has 0 aromatic heterocycles. The average molecular weight is 280 g/mol. The summed E-state index contributed by atoms with van der Waals surface area (Å²) in [5, 5.41) is 2.82. The van der Waals surface area contributed by atoms with Crippen molar-refractivity contribution in [2.24, 2.45) is 5.73 Å². The van der Waals surface area contributed by atoms with Gasteiger partial charge in [0.05, 0.1) is 18.3 Å². The fraction of sp³-hybridized carbons (Fsp3) is 0.533. The number of nitrogens with two attached hydrogens (primary N) is 1. The highest BCUT2D eigenvalue weighted by molar-refractivity contribution is 5.95. The van der Waals surface area contributed by atoms with Crippen molar-refractivity contribution in [2.75, 3.05) is 25.6 Å². The first kappa shape index (κ1) is 16.5. The first-order valence-corrected chi connectivity index (χ1v) is 6.96. The van der Waals surface area contributed by atoms with Crippen molar-refractivity contribution in [1.29, 1.82) is 0 Å². The Morgan fingerprint density at radius 2 is 2.10 bits per heavy atom. The maximum atomic E-state index is 11.9. The molecule has 0 aliphatic heterocycles. The van der Waals surface area contributed by atoms with E-state index in [1.54, 1.807) is 7.11 Å². The minimum atomic E-state index is -0.485. The molecule has 5 heteroatoms. The summed E-state index contributed by atoms with van der Waals surface area (Å²) in [7, 11) is 1.66. The van der Waals surface area contributed by atoms with Gasteiger partial charge in [0, 0.05) is 20.1 Å². The molecule has 0 saturated carbocycles. The molecule has 0 bridgehead atoms. The van der Waals surface area contributed by atoms with Crippen LogP contribution in [0, 0.1) is 0 Å². The molecule has 0 heterocycles. The molecule has 1 unspecified atom stereocenters. The number of benzene rings is 1. The lowest BCUT2D eigenvalue weighted by atomic mass is 10.1. The molecular weight excluding hydrogens is 256 g/mol. The van der Waals surface area contributed by atoms with E-state index < -0.39 is 6.04 Å². The number of carbonyl (C=O) groups is 1. The summed E-state index contributed by atoms with van der Waals surface area (Å²) in [5.41, 5.74) is 6.45. The van der Waals surface area contributed by atoms with Crippen molar-refractivity contribution in [1.82, 2.24) is 0 Å². The van der Waals surface area contributed by atoms with Gasteiger partial charge in [0.2, 0.25) is 5.91 Å². The van der Waals surface area contributed by atoms with E-state index >= 15 is 0 Å². The largest absolute Gasteiger partial charge is 0.491 e. The fourth-order valence-electron chi connectivity index (χ4n) is 1.75. The molecule has 1 atom stereocenters. The summed E-state index contributed by atoms with van der Waals surface area (Å²) in [5.74, 6) is 0.473. The molecule has 1 aromatic carbocycles. The molecule has 1 amide bonds. The molecule has 0 spiro atoms. The lowest BCUT2D eigenvalue weighted by Gasteiger charge is -2.15. The second-order valence-corrected chi connectivity index (χ2v) is 4.58. The van der Waals surface area contributed by atoms with Crippen LogP contribution in [0.15, 0.2) is 24.3 Å². The predicted octanol–water partition coefficient (Wildman–Crippen LogP) is 2.17. The molecule has 1 aromatic rings. The van der Waals surface area contributed by atoms with Crippen LogP contribution in [0.1, 0.15) is 26.2 Å². The molecule has 1 rings (SSSR count). The van der Waals surface area contributed by atoms with Crippen molar-refractivity contribution < 1.29 is 14.3 Å². The molecule has 0 saturated heterocycles. The third-order valence-corrected chi connectivity index (χ3v) is 2.83. The van der Waals surface area contributed by atoms with E-state index in [-0.39, 0.29) is 5.91 Å². The van der Waals surface area contributed by atoms with E-state index in [4.69, 9.17) is 15.2 Å².